The van der Waals surface area contributed by atoms with Gasteiger partial charge in [-0.25, -0.2) is 8.78 Å². The molecule has 0 fully saturated rings. The lowest BCUT2D eigenvalue weighted by Crippen LogP contribution is -2.01. The zero-order chi connectivity index (χ0) is 23.0. The van der Waals surface area contributed by atoms with Crippen molar-refractivity contribution in [3.63, 3.8) is 0 Å². The highest BCUT2D eigenvalue weighted by Crippen LogP contribution is 2.28. The van der Waals surface area contributed by atoms with Gasteiger partial charge in [-0.15, -0.1) is 0 Å². The molecule has 2 N–H and O–H groups in total. The van der Waals surface area contributed by atoms with Crippen LogP contribution < -0.4 is 5.73 Å². The summed E-state index contributed by atoms with van der Waals surface area (Å²) in [6.07, 6.45) is 1.52. The lowest BCUT2D eigenvalue weighted by Gasteiger charge is -2.08. The number of hydrogen-bond acceptors (Lipinski definition) is 2. The minimum Gasteiger partial charge on any atom is -0.404 e. The van der Waals surface area contributed by atoms with Crippen molar-refractivity contribution in [2.45, 2.75) is 32.4 Å². The van der Waals surface area contributed by atoms with Crippen LogP contribution in [0.5, 0.6) is 0 Å². The van der Waals surface area contributed by atoms with Crippen molar-refractivity contribution in [3.8, 4) is 11.1 Å². The second-order valence-electron chi connectivity index (χ2n) is 6.86. The summed E-state index contributed by atoms with van der Waals surface area (Å²) in [6, 6.07) is 8.64. The molecule has 0 heterocycles. The van der Waals surface area contributed by atoms with Crippen LogP contribution in [0.3, 0.4) is 0 Å². The minimum atomic E-state index is -4.66. The van der Waals surface area contributed by atoms with Gasteiger partial charge in [0.25, 0.3) is 0 Å². The van der Waals surface area contributed by atoms with E-state index in [1.54, 1.807) is 30.5 Å². The van der Waals surface area contributed by atoms with Crippen molar-refractivity contribution in [1.82, 2.24) is 0 Å². The van der Waals surface area contributed by atoms with Crippen molar-refractivity contribution in [2.24, 2.45) is 10.7 Å². The molecule has 0 aliphatic rings. The highest BCUT2D eigenvalue weighted by atomic mass is 19.4. The molecule has 0 radical (unpaired) electrons. The number of allylic oxidation sites excluding steroid dienone is 2. The van der Waals surface area contributed by atoms with Gasteiger partial charge < -0.3 is 5.73 Å². The number of halogens is 5. The quantitative estimate of drug-likeness (QED) is 0.344. The number of benzene rings is 2. The SMILES string of the molecule is C=C(N=C/C(=C\N)CCCC)c1ccc(-c2cc(F)c(/C=C/C(F)(F)F)c(F)c2)cc1. The number of alkyl halides is 3. The molecule has 0 aliphatic carbocycles. The maximum atomic E-state index is 14.2. The molecule has 31 heavy (non-hydrogen) atoms. The number of rotatable bonds is 8. The van der Waals surface area contributed by atoms with Gasteiger partial charge in [0.15, 0.2) is 0 Å². The van der Waals surface area contributed by atoms with Gasteiger partial charge in [-0.05, 0) is 59.5 Å². The van der Waals surface area contributed by atoms with E-state index in [-0.39, 0.29) is 11.6 Å². The second kappa shape index (κ2) is 10.7. The Morgan fingerprint density at radius 2 is 1.68 bits per heavy atom. The number of nitrogens with two attached hydrogens (primary N) is 1. The Bertz CT molecular complexity index is 977. The van der Waals surface area contributed by atoms with Gasteiger partial charge in [0.05, 0.1) is 5.70 Å². The summed E-state index contributed by atoms with van der Waals surface area (Å²) in [6.45, 7) is 5.99. The third-order valence-corrected chi connectivity index (χ3v) is 4.49. The molecule has 0 aromatic heterocycles. The normalized spacial score (nSPS) is 12.8. The van der Waals surface area contributed by atoms with E-state index >= 15 is 0 Å². The Labute approximate surface area is 178 Å². The van der Waals surface area contributed by atoms with Crippen LogP contribution >= 0.6 is 0 Å². The number of unbranched alkanes of at least 4 members (excludes halogenated alkanes) is 1. The molecule has 2 aromatic carbocycles. The first-order valence-electron chi connectivity index (χ1n) is 9.64. The van der Waals surface area contributed by atoms with E-state index in [1.807, 2.05) is 0 Å². The molecular weight excluding hydrogens is 411 g/mol. The van der Waals surface area contributed by atoms with E-state index in [2.05, 4.69) is 18.5 Å². The van der Waals surface area contributed by atoms with Crippen LogP contribution in [0.2, 0.25) is 0 Å². The molecule has 0 saturated heterocycles. The van der Waals surface area contributed by atoms with Crippen molar-refractivity contribution < 1.29 is 22.0 Å². The van der Waals surface area contributed by atoms with Crippen LogP contribution in [-0.4, -0.2) is 12.4 Å². The summed E-state index contributed by atoms with van der Waals surface area (Å²) in [5.41, 5.74) is 7.64. The second-order valence-corrected chi connectivity index (χ2v) is 6.86. The fourth-order valence-corrected chi connectivity index (χ4v) is 2.75. The molecule has 0 amide bonds. The molecule has 0 unspecified atom stereocenters. The molecule has 0 atom stereocenters. The van der Waals surface area contributed by atoms with Crippen LogP contribution in [0.4, 0.5) is 22.0 Å². The molecule has 2 aromatic rings. The zero-order valence-electron chi connectivity index (χ0n) is 17.0. The Hall–Kier alpha value is -3.22. The minimum absolute atomic E-state index is 0.202. The Balaban J connectivity index is 2.20. The topological polar surface area (TPSA) is 38.4 Å². The summed E-state index contributed by atoms with van der Waals surface area (Å²) in [5, 5.41) is 0. The zero-order valence-corrected chi connectivity index (χ0v) is 17.0. The van der Waals surface area contributed by atoms with Gasteiger partial charge in [-0.1, -0.05) is 44.2 Å². The predicted octanol–water partition coefficient (Wildman–Crippen LogP) is 7.28. The van der Waals surface area contributed by atoms with E-state index < -0.39 is 23.4 Å². The van der Waals surface area contributed by atoms with Gasteiger partial charge in [0, 0.05) is 17.9 Å². The van der Waals surface area contributed by atoms with Crippen LogP contribution in [0, 0.1) is 11.6 Å². The lowest BCUT2D eigenvalue weighted by atomic mass is 10.0. The van der Waals surface area contributed by atoms with Gasteiger partial charge in [-0.3, -0.25) is 4.99 Å². The molecule has 0 aliphatic heterocycles. The standard InChI is InChI=1S/C24H23F5N2/c1-3-4-5-17(14-30)15-31-16(2)18-6-8-19(9-7-18)20-12-22(25)21(23(26)13-20)10-11-24(27,28)29/h6-15H,2-5,30H2,1H3/b11-10+,17-14-,31-15?. The summed E-state index contributed by atoms with van der Waals surface area (Å²) in [7, 11) is 0. The largest absolute Gasteiger partial charge is 0.409 e. The molecule has 0 saturated carbocycles. The average molecular weight is 434 g/mol. The third kappa shape index (κ3) is 7.20. The van der Waals surface area contributed by atoms with E-state index in [1.165, 1.54) is 6.20 Å². The maximum absolute atomic E-state index is 14.2. The number of nitrogens with zero attached hydrogens (tertiary/aromatic N) is 1. The van der Waals surface area contributed by atoms with Crippen molar-refractivity contribution in [3.05, 3.63) is 83.6 Å². The fraction of sp³-hybridized carbons (Fsp3) is 0.208. The van der Waals surface area contributed by atoms with E-state index in [9.17, 15) is 22.0 Å². The van der Waals surface area contributed by atoms with Crippen LogP contribution in [0.25, 0.3) is 22.9 Å². The maximum Gasteiger partial charge on any atom is 0.409 e. The first-order chi connectivity index (χ1) is 14.6. The average Bonchev–Trinajstić information content (AvgIpc) is 2.72. The van der Waals surface area contributed by atoms with E-state index in [0.29, 0.717) is 22.9 Å². The molecule has 2 rings (SSSR count). The van der Waals surface area contributed by atoms with Gasteiger partial charge in [0.1, 0.15) is 11.6 Å². The summed E-state index contributed by atoms with van der Waals surface area (Å²) in [5.74, 6) is -2.16. The van der Waals surface area contributed by atoms with Gasteiger partial charge >= 0.3 is 6.18 Å². The highest BCUT2D eigenvalue weighted by Gasteiger charge is 2.23. The van der Waals surface area contributed by atoms with Crippen LogP contribution in [0.1, 0.15) is 37.3 Å². The molecule has 2 nitrogen and oxygen atoms in total. The van der Waals surface area contributed by atoms with Crippen molar-refractivity contribution in [1.29, 1.82) is 0 Å². The van der Waals surface area contributed by atoms with Crippen LogP contribution in [0.15, 0.2) is 65.8 Å². The summed E-state index contributed by atoms with van der Waals surface area (Å²) >= 11 is 0. The lowest BCUT2D eigenvalue weighted by molar-refractivity contribution is -0.0790. The monoisotopic (exact) mass is 434 g/mol. The molecule has 164 valence electrons. The highest BCUT2D eigenvalue weighted by molar-refractivity contribution is 5.84. The Morgan fingerprint density at radius 1 is 1.06 bits per heavy atom. The summed E-state index contributed by atoms with van der Waals surface area (Å²) in [4.78, 5) is 4.31. The number of hydrogen-bond donors (Lipinski definition) is 1. The number of aliphatic imine (C=N–C) groups is 1. The van der Waals surface area contributed by atoms with Gasteiger partial charge in [0.2, 0.25) is 0 Å². The van der Waals surface area contributed by atoms with Crippen LogP contribution in [-0.2, 0) is 0 Å². The van der Waals surface area contributed by atoms with E-state index in [4.69, 9.17) is 5.73 Å². The van der Waals surface area contributed by atoms with E-state index in [0.717, 1.165) is 37.0 Å². The smallest absolute Gasteiger partial charge is 0.404 e. The predicted molar refractivity (Wildman–Crippen MR) is 116 cm³/mol. The third-order valence-electron chi connectivity index (χ3n) is 4.49. The first kappa shape index (κ1) is 24.1. The fourth-order valence-electron chi connectivity index (χ4n) is 2.75. The molecule has 0 spiro atoms. The summed E-state index contributed by atoms with van der Waals surface area (Å²) < 4.78 is 65.1. The first-order valence-corrected chi connectivity index (χ1v) is 9.64. The molecular formula is C24H23F5N2. The Kier molecular flexibility index (Phi) is 8.30. The van der Waals surface area contributed by atoms with Gasteiger partial charge in [-0.2, -0.15) is 13.2 Å². The van der Waals surface area contributed by atoms with Crippen molar-refractivity contribution >= 4 is 18.0 Å². The molecule has 0 bridgehead atoms. The Morgan fingerprint density at radius 3 is 2.19 bits per heavy atom. The molecule has 7 heteroatoms. The van der Waals surface area contributed by atoms with Crippen molar-refractivity contribution in [2.75, 3.05) is 0 Å².